The van der Waals surface area contributed by atoms with Gasteiger partial charge in [-0.05, 0) is 19.1 Å². The number of hydrogen-bond donors (Lipinski definition) is 0. The molecule has 2 heterocycles. The molecule has 0 amide bonds. The number of epoxide rings is 2. The highest BCUT2D eigenvalue weighted by Gasteiger charge is 2.25. The highest BCUT2D eigenvalue weighted by molar-refractivity contribution is 5.64. The van der Waals surface area contributed by atoms with Crippen molar-refractivity contribution in [3.8, 4) is 11.5 Å². The largest absolute Gasteiger partial charge is 0.490 e. The van der Waals surface area contributed by atoms with Crippen molar-refractivity contribution in [1.29, 1.82) is 0 Å². The average Bonchev–Trinajstić information content (AvgIpc) is 3.29. The van der Waals surface area contributed by atoms with Crippen LogP contribution in [0.3, 0.4) is 0 Å². The summed E-state index contributed by atoms with van der Waals surface area (Å²) in [7, 11) is 0. The topological polar surface area (TPSA) is 43.5 Å². The van der Waals surface area contributed by atoms with Gasteiger partial charge in [-0.3, -0.25) is 0 Å². The molecule has 0 aliphatic carbocycles. The van der Waals surface area contributed by atoms with Crippen LogP contribution in [-0.4, -0.2) is 38.6 Å². The first kappa shape index (κ1) is 12.5. The fraction of sp³-hybridized carbons (Fsp3) is 0.467. The summed E-state index contributed by atoms with van der Waals surface area (Å²) in [6, 6.07) is 5.86. The summed E-state index contributed by atoms with van der Waals surface area (Å²) in [5.41, 5.74) is 0.978. The van der Waals surface area contributed by atoms with Crippen molar-refractivity contribution in [3.05, 3.63) is 29.8 Å². The van der Waals surface area contributed by atoms with Gasteiger partial charge in [-0.25, -0.2) is 0 Å². The lowest BCUT2D eigenvalue weighted by atomic mass is 10.1. The Kier molecular flexibility index (Phi) is 3.71. The van der Waals surface area contributed by atoms with E-state index in [4.69, 9.17) is 18.9 Å². The summed E-state index contributed by atoms with van der Waals surface area (Å²) in [4.78, 5) is 0. The van der Waals surface area contributed by atoms with Crippen LogP contribution in [0.2, 0.25) is 0 Å². The second kappa shape index (κ2) is 5.63. The van der Waals surface area contributed by atoms with Crippen molar-refractivity contribution in [1.82, 2.24) is 0 Å². The molecule has 0 N–H and O–H groups in total. The molecule has 0 saturated carbocycles. The standard InChI is InChI=1S/C15H18O4/c1-2-4-13-14(18-9-11-7-16-11)5-3-6-15(13)19-10-12-8-17-12/h2-6,11-12H,7-10H2,1H3. The van der Waals surface area contributed by atoms with Gasteiger partial charge in [0.2, 0.25) is 0 Å². The van der Waals surface area contributed by atoms with E-state index in [0.717, 1.165) is 30.3 Å². The fourth-order valence-electron chi connectivity index (χ4n) is 1.80. The van der Waals surface area contributed by atoms with E-state index in [1.54, 1.807) is 0 Å². The van der Waals surface area contributed by atoms with Crippen molar-refractivity contribution < 1.29 is 18.9 Å². The van der Waals surface area contributed by atoms with E-state index in [0.29, 0.717) is 13.2 Å². The molecule has 2 fully saturated rings. The van der Waals surface area contributed by atoms with Crippen LogP contribution >= 0.6 is 0 Å². The monoisotopic (exact) mass is 262 g/mol. The normalized spacial score (nSPS) is 24.5. The maximum Gasteiger partial charge on any atom is 0.130 e. The van der Waals surface area contributed by atoms with Crippen LogP contribution in [0, 0.1) is 0 Å². The predicted molar refractivity (Wildman–Crippen MR) is 71.6 cm³/mol. The molecule has 0 radical (unpaired) electrons. The van der Waals surface area contributed by atoms with Crippen molar-refractivity contribution in [2.45, 2.75) is 19.1 Å². The molecule has 3 rings (SSSR count). The smallest absolute Gasteiger partial charge is 0.130 e. The Balaban J connectivity index is 1.73. The summed E-state index contributed by atoms with van der Waals surface area (Å²) in [6.07, 6.45) is 4.49. The Bertz CT molecular complexity index is 427. The Hall–Kier alpha value is -1.52. The highest BCUT2D eigenvalue weighted by Crippen LogP contribution is 2.31. The van der Waals surface area contributed by atoms with Gasteiger partial charge in [0.15, 0.2) is 0 Å². The molecule has 1 aromatic rings. The maximum atomic E-state index is 5.79. The zero-order valence-electron chi connectivity index (χ0n) is 11.0. The van der Waals surface area contributed by atoms with Crippen LogP contribution in [0.5, 0.6) is 11.5 Å². The maximum absolute atomic E-state index is 5.79. The summed E-state index contributed by atoms with van der Waals surface area (Å²) in [6.45, 7) is 4.77. The second-order valence-electron chi connectivity index (χ2n) is 4.70. The zero-order valence-corrected chi connectivity index (χ0v) is 11.0. The van der Waals surface area contributed by atoms with E-state index in [2.05, 4.69) is 0 Å². The molecule has 102 valence electrons. The summed E-state index contributed by atoms with van der Waals surface area (Å²) in [5.74, 6) is 1.67. The van der Waals surface area contributed by atoms with Gasteiger partial charge in [-0.15, -0.1) is 0 Å². The van der Waals surface area contributed by atoms with Crippen molar-refractivity contribution in [2.75, 3.05) is 26.4 Å². The molecule has 4 heteroatoms. The summed E-state index contributed by atoms with van der Waals surface area (Å²) in [5, 5.41) is 0. The first-order valence-electron chi connectivity index (χ1n) is 6.61. The van der Waals surface area contributed by atoms with Crippen molar-refractivity contribution in [3.63, 3.8) is 0 Å². The Morgan fingerprint density at radius 3 is 2.05 bits per heavy atom. The minimum Gasteiger partial charge on any atom is -0.490 e. The lowest BCUT2D eigenvalue weighted by Crippen LogP contribution is -2.08. The van der Waals surface area contributed by atoms with Gasteiger partial charge in [-0.2, -0.15) is 0 Å². The van der Waals surface area contributed by atoms with Gasteiger partial charge in [0.1, 0.15) is 36.9 Å². The molecule has 2 aliphatic heterocycles. The van der Waals surface area contributed by atoms with E-state index < -0.39 is 0 Å². The van der Waals surface area contributed by atoms with E-state index in [1.807, 2.05) is 37.3 Å². The second-order valence-corrected chi connectivity index (χ2v) is 4.70. The highest BCUT2D eigenvalue weighted by atomic mass is 16.6. The quantitative estimate of drug-likeness (QED) is 0.707. The van der Waals surface area contributed by atoms with Gasteiger partial charge >= 0.3 is 0 Å². The lowest BCUT2D eigenvalue weighted by Gasteiger charge is -2.13. The van der Waals surface area contributed by atoms with Gasteiger partial charge in [0.05, 0.1) is 18.8 Å². The molecule has 2 unspecified atom stereocenters. The molecule has 19 heavy (non-hydrogen) atoms. The average molecular weight is 262 g/mol. The Morgan fingerprint density at radius 1 is 1.11 bits per heavy atom. The molecular formula is C15H18O4. The first-order valence-corrected chi connectivity index (χ1v) is 6.61. The van der Waals surface area contributed by atoms with Gasteiger partial charge in [0.25, 0.3) is 0 Å². The zero-order chi connectivity index (χ0) is 13.1. The molecule has 4 nitrogen and oxygen atoms in total. The molecule has 0 spiro atoms. The molecule has 0 bridgehead atoms. The van der Waals surface area contributed by atoms with Gasteiger partial charge < -0.3 is 18.9 Å². The molecular weight excluding hydrogens is 244 g/mol. The number of hydrogen-bond acceptors (Lipinski definition) is 4. The van der Waals surface area contributed by atoms with Crippen molar-refractivity contribution >= 4 is 6.08 Å². The van der Waals surface area contributed by atoms with Crippen LogP contribution in [0.25, 0.3) is 6.08 Å². The molecule has 2 saturated heterocycles. The van der Waals surface area contributed by atoms with Crippen LogP contribution in [-0.2, 0) is 9.47 Å². The lowest BCUT2D eigenvalue weighted by molar-refractivity contribution is 0.251. The van der Waals surface area contributed by atoms with Gasteiger partial charge in [0, 0.05) is 0 Å². The Morgan fingerprint density at radius 2 is 1.63 bits per heavy atom. The SMILES string of the molecule is CC=Cc1c(OCC2CO2)cccc1OCC1CO1. The van der Waals surface area contributed by atoms with E-state index in [1.165, 1.54) is 0 Å². The first-order chi connectivity index (χ1) is 9.36. The fourth-order valence-corrected chi connectivity index (χ4v) is 1.80. The molecule has 2 atom stereocenters. The third kappa shape index (κ3) is 3.49. The number of benzene rings is 1. The molecule has 0 aromatic heterocycles. The Labute approximate surface area is 112 Å². The van der Waals surface area contributed by atoms with E-state index >= 15 is 0 Å². The van der Waals surface area contributed by atoms with E-state index in [-0.39, 0.29) is 12.2 Å². The third-order valence-electron chi connectivity index (χ3n) is 3.01. The van der Waals surface area contributed by atoms with Crippen LogP contribution < -0.4 is 9.47 Å². The summed E-state index contributed by atoms with van der Waals surface area (Å²) < 4.78 is 21.9. The molecule has 1 aromatic carbocycles. The third-order valence-corrected chi connectivity index (χ3v) is 3.01. The number of allylic oxidation sites excluding steroid dienone is 1. The van der Waals surface area contributed by atoms with Gasteiger partial charge in [-0.1, -0.05) is 18.2 Å². The van der Waals surface area contributed by atoms with Crippen LogP contribution in [0.4, 0.5) is 0 Å². The van der Waals surface area contributed by atoms with E-state index in [9.17, 15) is 0 Å². The predicted octanol–water partition coefficient (Wildman–Crippen LogP) is 2.27. The molecule has 2 aliphatic rings. The summed E-state index contributed by atoms with van der Waals surface area (Å²) >= 11 is 0. The minimum atomic E-state index is 0.253. The van der Waals surface area contributed by atoms with Crippen molar-refractivity contribution in [2.24, 2.45) is 0 Å². The van der Waals surface area contributed by atoms with Crippen LogP contribution in [0.15, 0.2) is 24.3 Å². The number of ether oxygens (including phenoxy) is 4. The van der Waals surface area contributed by atoms with Crippen LogP contribution in [0.1, 0.15) is 12.5 Å². The minimum absolute atomic E-state index is 0.253. The number of rotatable bonds is 7.